The predicted octanol–water partition coefficient (Wildman–Crippen LogP) is 4.84. The van der Waals surface area contributed by atoms with E-state index in [1.807, 2.05) is 0 Å². The first kappa shape index (κ1) is 14.3. The molecule has 0 spiro atoms. The molecule has 1 aromatic heterocycles. The summed E-state index contributed by atoms with van der Waals surface area (Å²) in [5, 5.41) is 1.46. The number of rotatable bonds is 2. The number of hydrogen-bond donors (Lipinski definition) is 1. The van der Waals surface area contributed by atoms with Gasteiger partial charge in [-0.15, -0.1) is 0 Å². The van der Waals surface area contributed by atoms with Crippen molar-refractivity contribution in [2.45, 2.75) is 57.9 Å². The van der Waals surface area contributed by atoms with Crippen molar-refractivity contribution in [1.82, 2.24) is 9.88 Å². The summed E-state index contributed by atoms with van der Waals surface area (Å²) < 4.78 is 0. The summed E-state index contributed by atoms with van der Waals surface area (Å²) in [5.74, 6) is 0.788. The Labute approximate surface area is 133 Å². The van der Waals surface area contributed by atoms with E-state index in [1.54, 1.807) is 5.56 Å². The standard InChI is InChI=1S/C20H28N2/c1-3-8-15-9-6-13-22-14-7-11-17-16-10-4-5-12-18(16)21-19(17)20(15,22)2/h4-5,10,12,15,21H,3,6-9,11,13-14H2,1-2H3. The van der Waals surface area contributed by atoms with E-state index in [9.17, 15) is 0 Å². The van der Waals surface area contributed by atoms with E-state index in [4.69, 9.17) is 0 Å². The minimum Gasteiger partial charge on any atom is -0.357 e. The zero-order chi connectivity index (χ0) is 15.2. The molecular weight excluding hydrogens is 268 g/mol. The van der Waals surface area contributed by atoms with E-state index in [0.717, 1.165) is 5.92 Å². The van der Waals surface area contributed by atoms with E-state index in [2.05, 4.69) is 48.0 Å². The molecular formula is C20H28N2. The zero-order valence-corrected chi connectivity index (χ0v) is 14.0. The van der Waals surface area contributed by atoms with Crippen molar-refractivity contribution < 1.29 is 0 Å². The first-order valence-electron chi connectivity index (χ1n) is 9.10. The third kappa shape index (κ3) is 1.96. The summed E-state index contributed by atoms with van der Waals surface area (Å²) in [7, 11) is 0. The minimum atomic E-state index is 0.207. The van der Waals surface area contributed by atoms with Gasteiger partial charge < -0.3 is 4.98 Å². The quantitative estimate of drug-likeness (QED) is 0.840. The fourth-order valence-electron chi connectivity index (χ4n) is 5.12. The second-order valence-electron chi connectivity index (χ2n) is 7.39. The van der Waals surface area contributed by atoms with Crippen LogP contribution in [0.4, 0.5) is 0 Å². The number of piperidine rings is 1. The summed E-state index contributed by atoms with van der Waals surface area (Å²) in [4.78, 5) is 6.63. The van der Waals surface area contributed by atoms with Crippen molar-refractivity contribution in [3.63, 3.8) is 0 Å². The van der Waals surface area contributed by atoms with Crippen LogP contribution in [0.3, 0.4) is 0 Å². The molecule has 118 valence electrons. The van der Waals surface area contributed by atoms with E-state index < -0.39 is 0 Å². The Balaban J connectivity index is 1.91. The van der Waals surface area contributed by atoms with Gasteiger partial charge in [-0.05, 0) is 69.7 Å². The van der Waals surface area contributed by atoms with Gasteiger partial charge in [0.05, 0.1) is 5.54 Å². The highest BCUT2D eigenvalue weighted by molar-refractivity contribution is 5.85. The molecule has 2 nitrogen and oxygen atoms in total. The number of nitrogens with one attached hydrogen (secondary N) is 1. The number of hydrogen-bond acceptors (Lipinski definition) is 1. The Morgan fingerprint density at radius 2 is 2.05 bits per heavy atom. The molecule has 0 aliphatic carbocycles. The van der Waals surface area contributed by atoms with Crippen LogP contribution < -0.4 is 0 Å². The molecule has 4 rings (SSSR count). The summed E-state index contributed by atoms with van der Waals surface area (Å²) >= 11 is 0. The van der Waals surface area contributed by atoms with E-state index in [1.165, 1.54) is 68.2 Å². The monoisotopic (exact) mass is 296 g/mol. The van der Waals surface area contributed by atoms with Crippen LogP contribution in [0.25, 0.3) is 10.9 Å². The molecule has 2 atom stereocenters. The van der Waals surface area contributed by atoms with Crippen molar-refractivity contribution in [3.8, 4) is 0 Å². The Bertz CT molecular complexity index is 669. The number of benzene rings is 1. The van der Waals surface area contributed by atoms with Crippen molar-refractivity contribution in [2.75, 3.05) is 13.1 Å². The lowest BCUT2D eigenvalue weighted by Gasteiger charge is -2.49. The van der Waals surface area contributed by atoms with E-state index >= 15 is 0 Å². The predicted molar refractivity (Wildman–Crippen MR) is 93.2 cm³/mol. The average molecular weight is 296 g/mol. The maximum atomic E-state index is 3.84. The molecule has 0 radical (unpaired) electrons. The van der Waals surface area contributed by atoms with Crippen LogP contribution in [0, 0.1) is 5.92 Å². The van der Waals surface area contributed by atoms with Crippen molar-refractivity contribution in [1.29, 1.82) is 0 Å². The maximum absolute atomic E-state index is 3.84. The lowest BCUT2D eigenvalue weighted by molar-refractivity contribution is -0.000470. The molecule has 0 saturated carbocycles. The molecule has 0 bridgehead atoms. The largest absolute Gasteiger partial charge is 0.357 e. The number of aryl methyl sites for hydroxylation is 1. The Morgan fingerprint density at radius 3 is 2.91 bits per heavy atom. The molecule has 2 aliphatic rings. The average Bonchev–Trinajstić information content (AvgIpc) is 2.84. The van der Waals surface area contributed by atoms with Gasteiger partial charge in [0.25, 0.3) is 0 Å². The molecule has 1 aromatic carbocycles. The smallest absolute Gasteiger partial charge is 0.0614 e. The lowest BCUT2D eigenvalue weighted by atomic mass is 9.72. The van der Waals surface area contributed by atoms with Crippen molar-refractivity contribution in [3.05, 3.63) is 35.5 Å². The highest BCUT2D eigenvalue weighted by atomic mass is 15.2. The number of aromatic nitrogens is 1. The van der Waals surface area contributed by atoms with Gasteiger partial charge in [0.1, 0.15) is 0 Å². The molecule has 1 saturated heterocycles. The van der Waals surface area contributed by atoms with Crippen LogP contribution in [0.5, 0.6) is 0 Å². The first-order valence-corrected chi connectivity index (χ1v) is 9.10. The highest BCUT2D eigenvalue weighted by Crippen LogP contribution is 2.47. The molecule has 2 unspecified atom stereocenters. The fraction of sp³-hybridized carbons (Fsp3) is 0.600. The van der Waals surface area contributed by atoms with E-state index in [-0.39, 0.29) is 5.54 Å². The van der Waals surface area contributed by atoms with Crippen LogP contribution in [0.1, 0.15) is 57.2 Å². The summed E-state index contributed by atoms with van der Waals surface area (Å²) in [6.07, 6.45) is 7.92. The number of nitrogens with zero attached hydrogens (tertiary/aromatic N) is 1. The van der Waals surface area contributed by atoms with Gasteiger partial charge in [0.2, 0.25) is 0 Å². The minimum absolute atomic E-state index is 0.207. The van der Waals surface area contributed by atoms with E-state index in [0.29, 0.717) is 0 Å². The molecule has 2 heteroatoms. The highest BCUT2D eigenvalue weighted by Gasteiger charge is 2.46. The van der Waals surface area contributed by atoms with Gasteiger partial charge in [-0.2, -0.15) is 0 Å². The Morgan fingerprint density at radius 1 is 1.23 bits per heavy atom. The number of aromatic amines is 1. The van der Waals surface area contributed by atoms with Gasteiger partial charge in [-0.1, -0.05) is 31.5 Å². The summed E-state index contributed by atoms with van der Waals surface area (Å²) in [6.45, 7) is 7.39. The summed E-state index contributed by atoms with van der Waals surface area (Å²) in [5.41, 5.74) is 4.67. The number of para-hydroxylation sites is 1. The zero-order valence-electron chi connectivity index (χ0n) is 14.0. The van der Waals surface area contributed by atoms with Gasteiger partial charge in [0.15, 0.2) is 0 Å². The van der Waals surface area contributed by atoms with Crippen molar-refractivity contribution >= 4 is 10.9 Å². The fourth-order valence-corrected chi connectivity index (χ4v) is 5.12. The van der Waals surface area contributed by atoms with Gasteiger partial charge >= 0.3 is 0 Å². The normalized spacial score (nSPS) is 29.1. The Kier molecular flexibility index (Phi) is 3.53. The molecule has 3 heterocycles. The molecule has 0 amide bonds. The third-order valence-electron chi connectivity index (χ3n) is 6.24. The van der Waals surface area contributed by atoms with Crippen LogP contribution in [-0.2, 0) is 12.0 Å². The molecule has 1 fully saturated rings. The molecule has 1 N–H and O–H groups in total. The third-order valence-corrected chi connectivity index (χ3v) is 6.24. The SMILES string of the molecule is CCCC1CCCN2CCCc3c([nH]c4ccccc34)C12C. The number of H-pyrrole nitrogens is 1. The van der Waals surface area contributed by atoms with Crippen LogP contribution >= 0.6 is 0 Å². The van der Waals surface area contributed by atoms with Gasteiger partial charge in [-0.3, -0.25) is 4.90 Å². The van der Waals surface area contributed by atoms with Crippen molar-refractivity contribution in [2.24, 2.45) is 5.92 Å². The second-order valence-corrected chi connectivity index (χ2v) is 7.39. The number of fused-ring (bicyclic) bond motifs is 5. The van der Waals surface area contributed by atoms with Gasteiger partial charge in [-0.25, -0.2) is 0 Å². The molecule has 2 aliphatic heterocycles. The topological polar surface area (TPSA) is 19.0 Å². The van der Waals surface area contributed by atoms with Crippen LogP contribution in [0.15, 0.2) is 24.3 Å². The lowest BCUT2D eigenvalue weighted by Crippen LogP contribution is -2.53. The van der Waals surface area contributed by atoms with Crippen LogP contribution in [-0.4, -0.2) is 23.0 Å². The second kappa shape index (κ2) is 5.42. The molecule has 22 heavy (non-hydrogen) atoms. The Hall–Kier alpha value is -1.28. The van der Waals surface area contributed by atoms with Gasteiger partial charge in [0, 0.05) is 16.6 Å². The maximum Gasteiger partial charge on any atom is 0.0614 e. The first-order chi connectivity index (χ1) is 10.7. The van der Waals surface area contributed by atoms with Crippen LogP contribution in [0.2, 0.25) is 0 Å². The summed E-state index contributed by atoms with van der Waals surface area (Å²) in [6, 6.07) is 8.89. The molecule has 2 aromatic rings.